The van der Waals surface area contributed by atoms with Gasteiger partial charge in [0.2, 0.25) is 0 Å². The lowest BCUT2D eigenvalue weighted by molar-refractivity contribution is 0.0938. The van der Waals surface area contributed by atoms with Crippen LogP contribution in [0.2, 0.25) is 0 Å². The fraction of sp³-hybridized carbons (Fsp3) is 0.538. The number of nitrogens with zero attached hydrogens (tertiary/aromatic N) is 1. The van der Waals surface area contributed by atoms with Crippen LogP contribution in [0, 0.1) is 0 Å². The van der Waals surface area contributed by atoms with Gasteiger partial charge in [0, 0.05) is 29.6 Å². The Morgan fingerprint density at radius 3 is 3.17 bits per heavy atom. The predicted octanol–water partition coefficient (Wildman–Crippen LogP) is 1.55. The summed E-state index contributed by atoms with van der Waals surface area (Å²) in [7, 11) is 0. The van der Waals surface area contributed by atoms with E-state index in [9.17, 15) is 4.79 Å². The molecule has 2 atom stereocenters. The number of nitrogens with two attached hydrogens (primary N) is 1. The first-order chi connectivity index (χ1) is 8.74. The van der Waals surface area contributed by atoms with E-state index in [4.69, 9.17) is 5.73 Å². The Morgan fingerprint density at radius 2 is 2.44 bits per heavy atom. The average molecular weight is 265 g/mol. The van der Waals surface area contributed by atoms with E-state index in [1.54, 1.807) is 18.3 Å². The van der Waals surface area contributed by atoms with Crippen molar-refractivity contribution in [3.05, 3.63) is 29.6 Å². The Hall–Kier alpha value is -1.07. The highest BCUT2D eigenvalue weighted by Crippen LogP contribution is 2.28. The first kappa shape index (κ1) is 13.4. The van der Waals surface area contributed by atoms with Crippen LogP contribution >= 0.6 is 11.8 Å². The smallest absolute Gasteiger partial charge is 0.251 e. The molecule has 1 aliphatic rings. The van der Waals surface area contributed by atoms with E-state index >= 15 is 0 Å². The number of pyridine rings is 1. The van der Waals surface area contributed by atoms with Gasteiger partial charge in [0.1, 0.15) is 0 Å². The highest BCUT2D eigenvalue weighted by molar-refractivity contribution is 7.99. The topological polar surface area (TPSA) is 68.0 Å². The fourth-order valence-corrected chi connectivity index (χ4v) is 3.29. The quantitative estimate of drug-likeness (QED) is 0.867. The number of carbonyl (C=O) groups excluding carboxylic acids is 1. The van der Waals surface area contributed by atoms with Crippen molar-refractivity contribution in [2.75, 3.05) is 6.26 Å². The molecule has 1 heterocycles. The van der Waals surface area contributed by atoms with Crippen LogP contribution in [0.25, 0.3) is 0 Å². The molecule has 1 aromatic heterocycles. The molecule has 0 spiro atoms. The van der Waals surface area contributed by atoms with Gasteiger partial charge in [-0.25, -0.2) is 0 Å². The second-order valence-corrected chi connectivity index (χ2v) is 5.60. The average Bonchev–Trinajstić information content (AvgIpc) is 2.86. The summed E-state index contributed by atoms with van der Waals surface area (Å²) in [6.45, 7) is 0.359. The van der Waals surface area contributed by atoms with Gasteiger partial charge in [-0.15, -0.1) is 0 Å². The van der Waals surface area contributed by atoms with Crippen LogP contribution in [0.5, 0.6) is 0 Å². The molecule has 1 aliphatic carbocycles. The van der Waals surface area contributed by atoms with E-state index in [2.05, 4.69) is 16.6 Å². The number of rotatable bonds is 4. The SMILES string of the molecule is CSC1CCCC1NC(=O)c1ccnc(CN)c1. The molecule has 3 N–H and O–H groups in total. The van der Waals surface area contributed by atoms with Crippen molar-refractivity contribution in [1.29, 1.82) is 0 Å². The van der Waals surface area contributed by atoms with Crippen molar-refractivity contribution in [3.63, 3.8) is 0 Å². The van der Waals surface area contributed by atoms with Crippen molar-refractivity contribution in [3.8, 4) is 0 Å². The Labute approximate surface area is 112 Å². The van der Waals surface area contributed by atoms with Gasteiger partial charge in [-0.2, -0.15) is 11.8 Å². The lowest BCUT2D eigenvalue weighted by Gasteiger charge is -2.19. The predicted molar refractivity (Wildman–Crippen MR) is 74.5 cm³/mol. The van der Waals surface area contributed by atoms with E-state index in [-0.39, 0.29) is 5.91 Å². The summed E-state index contributed by atoms with van der Waals surface area (Å²) in [5.74, 6) is -0.0157. The molecule has 0 aliphatic heterocycles. The highest BCUT2D eigenvalue weighted by atomic mass is 32.2. The van der Waals surface area contributed by atoms with Crippen molar-refractivity contribution in [2.24, 2.45) is 5.73 Å². The minimum atomic E-state index is -0.0157. The summed E-state index contributed by atoms with van der Waals surface area (Å²) in [6, 6.07) is 3.79. The van der Waals surface area contributed by atoms with Crippen molar-refractivity contribution >= 4 is 17.7 Å². The maximum Gasteiger partial charge on any atom is 0.251 e. The minimum absolute atomic E-state index is 0.0157. The maximum atomic E-state index is 12.1. The lowest BCUT2D eigenvalue weighted by atomic mass is 10.2. The van der Waals surface area contributed by atoms with Gasteiger partial charge >= 0.3 is 0 Å². The summed E-state index contributed by atoms with van der Waals surface area (Å²) < 4.78 is 0. The van der Waals surface area contributed by atoms with Crippen LogP contribution in [0.15, 0.2) is 18.3 Å². The van der Waals surface area contributed by atoms with Crippen molar-refractivity contribution in [2.45, 2.75) is 37.1 Å². The van der Waals surface area contributed by atoms with Gasteiger partial charge in [-0.3, -0.25) is 9.78 Å². The van der Waals surface area contributed by atoms with E-state index in [1.807, 2.05) is 11.8 Å². The molecule has 0 radical (unpaired) electrons. The Kier molecular flexibility index (Phi) is 4.60. The van der Waals surface area contributed by atoms with E-state index in [0.29, 0.717) is 23.4 Å². The second-order valence-electron chi connectivity index (χ2n) is 4.52. The molecule has 0 saturated heterocycles. The zero-order valence-corrected chi connectivity index (χ0v) is 11.4. The van der Waals surface area contributed by atoms with Crippen LogP contribution in [0.1, 0.15) is 35.3 Å². The molecule has 0 bridgehead atoms. The Balaban J connectivity index is 2.02. The largest absolute Gasteiger partial charge is 0.348 e. The van der Waals surface area contributed by atoms with Crippen molar-refractivity contribution < 1.29 is 4.79 Å². The third-order valence-electron chi connectivity index (χ3n) is 3.36. The summed E-state index contributed by atoms with van der Waals surface area (Å²) in [5, 5.41) is 3.67. The molecule has 0 aromatic carbocycles. The molecule has 98 valence electrons. The Bertz CT molecular complexity index is 424. The van der Waals surface area contributed by atoms with Crippen LogP contribution in [0.4, 0.5) is 0 Å². The zero-order chi connectivity index (χ0) is 13.0. The number of hydrogen-bond acceptors (Lipinski definition) is 4. The van der Waals surface area contributed by atoms with E-state index in [0.717, 1.165) is 12.1 Å². The number of thioether (sulfide) groups is 1. The normalized spacial score (nSPS) is 23.0. The summed E-state index contributed by atoms with van der Waals surface area (Å²) in [4.78, 5) is 16.2. The lowest BCUT2D eigenvalue weighted by Crippen LogP contribution is -2.38. The molecular formula is C13H19N3OS. The van der Waals surface area contributed by atoms with Gasteiger partial charge in [0.15, 0.2) is 0 Å². The third kappa shape index (κ3) is 3.03. The van der Waals surface area contributed by atoms with Crippen molar-refractivity contribution in [1.82, 2.24) is 10.3 Å². The molecule has 4 nitrogen and oxygen atoms in total. The maximum absolute atomic E-state index is 12.1. The first-order valence-corrected chi connectivity index (χ1v) is 7.52. The number of amides is 1. The molecule has 5 heteroatoms. The molecule has 2 rings (SSSR count). The van der Waals surface area contributed by atoms with Gasteiger partial charge in [-0.1, -0.05) is 6.42 Å². The van der Waals surface area contributed by atoms with E-state index < -0.39 is 0 Å². The first-order valence-electron chi connectivity index (χ1n) is 6.23. The molecular weight excluding hydrogens is 246 g/mol. The molecule has 1 fully saturated rings. The standard InChI is InChI=1S/C13H19N3OS/c1-18-12-4-2-3-11(12)16-13(17)9-5-6-15-10(7-9)8-14/h5-7,11-12H,2-4,8,14H2,1H3,(H,16,17). The van der Waals surface area contributed by atoms with E-state index in [1.165, 1.54) is 12.8 Å². The van der Waals surface area contributed by atoms with Gasteiger partial charge in [0.05, 0.1) is 5.69 Å². The van der Waals surface area contributed by atoms with Crippen LogP contribution in [-0.2, 0) is 6.54 Å². The highest BCUT2D eigenvalue weighted by Gasteiger charge is 2.27. The zero-order valence-electron chi connectivity index (χ0n) is 10.6. The summed E-state index contributed by atoms with van der Waals surface area (Å²) >= 11 is 1.84. The summed E-state index contributed by atoms with van der Waals surface area (Å²) in [5.41, 5.74) is 6.92. The molecule has 1 aromatic rings. The van der Waals surface area contributed by atoms with Gasteiger partial charge in [0.25, 0.3) is 5.91 Å². The minimum Gasteiger partial charge on any atom is -0.348 e. The van der Waals surface area contributed by atoms with Gasteiger partial charge in [-0.05, 0) is 31.2 Å². The monoisotopic (exact) mass is 265 g/mol. The number of carbonyl (C=O) groups is 1. The molecule has 1 amide bonds. The fourth-order valence-electron chi connectivity index (χ4n) is 2.36. The summed E-state index contributed by atoms with van der Waals surface area (Å²) in [6.07, 6.45) is 7.20. The van der Waals surface area contributed by atoms with Crippen LogP contribution < -0.4 is 11.1 Å². The van der Waals surface area contributed by atoms with Crippen LogP contribution in [0.3, 0.4) is 0 Å². The number of nitrogens with one attached hydrogen (secondary N) is 1. The second kappa shape index (κ2) is 6.20. The van der Waals surface area contributed by atoms with Gasteiger partial charge < -0.3 is 11.1 Å². The number of aromatic nitrogens is 1. The molecule has 2 unspecified atom stereocenters. The Morgan fingerprint density at radius 1 is 1.61 bits per heavy atom. The molecule has 18 heavy (non-hydrogen) atoms. The third-order valence-corrected chi connectivity index (χ3v) is 4.53. The molecule has 1 saturated carbocycles. The van der Waals surface area contributed by atoms with Crippen LogP contribution in [-0.4, -0.2) is 28.4 Å². The number of hydrogen-bond donors (Lipinski definition) is 2.